The molecule has 82 valence electrons. The fourth-order valence-corrected chi connectivity index (χ4v) is 1.27. The van der Waals surface area contributed by atoms with Crippen LogP contribution in [0, 0.1) is 0 Å². The molecule has 0 heterocycles. The first-order chi connectivity index (χ1) is 7.13. The molecule has 0 aliphatic heterocycles. The van der Waals surface area contributed by atoms with E-state index in [1.165, 1.54) is 0 Å². The van der Waals surface area contributed by atoms with Crippen molar-refractivity contribution in [3.05, 3.63) is 24.3 Å². The SMILES string of the molecule is CC(C)Oc1ccc(N(C)CC=O)cc1. The Morgan fingerprint density at radius 3 is 2.40 bits per heavy atom. The van der Waals surface area contributed by atoms with Crippen molar-refractivity contribution in [2.24, 2.45) is 0 Å². The molecule has 15 heavy (non-hydrogen) atoms. The fraction of sp³-hybridized carbons (Fsp3) is 0.417. The number of carbonyl (C=O) groups excluding carboxylic acids is 1. The summed E-state index contributed by atoms with van der Waals surface area (Å²) in [5.74, 6) is 0.855. The van der Waals surface area contributed by atoms with Gasteiger partial charge < -0.3 is 14.4 Å². The highest BCUT2D eigenvalue weighted by Gasteiger charge is 2.01. The molecule has 1 rings (SSSR count). The van der Waals surface area contributed by atoms with Crippen LogP contribution in [0.4, 0.5) is 5.69 Å². The van der Waals surface area contributed by atoms with E-state index in [9.17, 15) is 4.79 Å². The molecule has 0 radical (unpaired) electrons. The molecular formula is C12H17NO2. The molecule has 3 nitrogen and oxygen atoms in total. The number of rotatable bonds is 5. The Kier molecular flexibility index (Phi) is 4.16. The Balaban J connectivity index is 2.67. The average molecular weight is 207 g/mol. The van der Waals surface area contributed by atoms with Crippen molar-refractivity contribution in [3.63, 3.8) is 0 Å². The fourth-order valence-electron chi connectivity index (χ4n) is 1.27. The van der Waals surface area contributed by atoms with Crippen LogP contribution in [0.3, 0.4) is 0 Å². The van der Waals surface area contributed by atoms with Crippen LogP contribution in [0.25, 0.3) is 0 Å². The predicted octanol–water partition coefficient (Wildman–Crippen LogP) is 2.11. The van der Waals surface area contributed by atoms with E-state index in [1.54, 1.807) is 0 Å². The van der Waals surface area contributed by atoms with Crippen LogP contribution in [0.2, 0.25) is 0 Å². The van der Waals surface area contributed by atoms with E-state index in [-0.39, 0.29) is 6.10 Å². The van der Waals surface area contributed by atoms with Gasteiger partial charge in [-0.25, -0.2) is 0 Å². The molecule has 0 fully saturated rings. The number of nitrogens with zero attached hydrogens (tertiary/aromatic N) is 1. The van der Waals surface area contributed by atoms with Crippen LogP contribution in [-0.4, -0.2) is 26.0 Å². The Hall–Kier alpha value is -1.51. The zero-order valence-electron chi connectivity index (χ0n) is 9.43. The molecule has 0 spiro atoms. The minimum Gasteiger partial charge on any atom is -0.491 e. The van der Waals surface area contributed by atoms with Crippen LogP contribution < -0.4 is 9.64 Å². The van der Waals surface area contributed by atoms with Gasteiger partial charge in [0.25, 0.3) is 0 Å². The Labute approximate surface area is 90.7 Å². The second-order valence-corrected chi connectivity index (χ2v) is 3.71. The van der Waals surface area contributed by atoms with E-state index in [0.717, 1.165) is 17.7 Å². The number of carbonyl (C=O) groups is 1. The summed E-state index contributed by atoms with van der Waals surface area (Å²) in [4.78, 5) is 12.2. The minimum atomic E-state index is 0.184. The molecule has 1 aromatic rings. The molecule has 0 unspecified atom stereocenters. The van der Waals surface area contributed by atoms with Crippen molar-refractivity contribution in [2.45, 2.75) is 20.0 Å². The molecule has 0 N–H and O–H groups in total. The molecule has 0 aliphatic rings. The lowest BCUT2D eigenvalue weighted by molar-refractivity contribution is -0.106. The van der Waals surface area contributed by atoms with Crippen molar-refractivity contribution >= 4 is 12.0 Å². The van der Waals surface area contributed by atoms with E-state index in [4.69, 9.17) is 4.74 Å². The number of likely N-dealkylation sites (N-methyl/N-ethyl adjacent to an activating group) is 1. The number of anilines is 1. The largest absolute Gasteiger partial charge is 0.491 e. The second kappa shape index (κ2) is 5.39. The third-order valence-electron chi connectivity index (χ3n) is 2.00. The first-order valence-corrected chi connectivity index (χ1v) is 5.05. The van der Waals surface area contributed by atoms with Gasteiger partial charge in [-0.2, -0.15) is 0 Å². The Bertz CT molecular complexity index is 306. The van der Waals surface area contributed by atoms with Crippen molar-refractivity contribution < 1.29 is 9.53 Å². The molecule has 0 saturated carbocycles. The number of hydrogen-bond acceptors (Lipinski definition) is 3. The quantitative estimate of drug-likeness (QED) is 0.692. The van der Waals surface area contributed by atoms with E-state index in [0.29, 0.717) is 6.54 Å². The summed E-state index contributed by atoms with van der Waals surface area (Å²) in [5, 5.41) is 0. The summed E-state index contributed by atoms with van der Waals surface area (Å²) in [6.07, 6.45) is 1.07. The first-order valence-electron chi connectivity index (χ1n) is 5.05. The number of ether oxygens (including phenoxy) is 1. The highest BCUT2D eigenvalue weighted by Crippen LogP contribution is 2.18. The van der Waals surface area contributed by atoms with Crippen molar-refractivity contribution in [2.75, 3.05) is 18.5 Å². The van der Waals surface area contributed by atoms with Crippen LogP contribution in [0.1, 0.15) is 13.8 Å². The topological polar surface area (TPSA) is 29.5 Å². The van der Waals surface area contributed by atoms with Gasteiger partial charge in [-0.3, -0.25) is 0 Å². The van der Waals surface area contributed by atoms with E-state index >= 15 is 0 Å². The molecule has 1 aromatic carbocycles. The van der Waals surface area contributed by atoms with Gasteiger partial charge in [0.2, 0.25) is 0 Å². The normalized spacial score (nSPS) is 10.1. The highest BCUT2D eigenvalue weighted by atomic mass is 16.5. The summed E-state index contributed by atoms with van der Waals surface area (Å²) in [7, 11) is 1.88. The number of benzene rings is 1. The summed E-state index contributed by atoms with van der Waals surface area (Å²) in [6.45, 7) is 4.39. The molecule has 0 aliphatic carbocycles. The first kappa shape index (κ1) is 11.6. The molecule has 3 heteroatoms. The van der Waals surface area contributed by atoms with Crippen molar-refractivity contribution in [1.29, 1.82) is 0 Å². The van der Waals surface area contributed by atoms with E-state index in [1.807, 2.05) is 50.1 Å². The van der Waals surface area contributed by atoms with Gasteiger partial charge in [0.15, 0.2) is 0 Å². The zero-order valence-corrected chi connectivity index (χ0v) is 9.43. The molecule has 0 amide bonds. The van der Waals surface area contributed by atoms with Crippen LogP contribution in [0.5, 0.6) is 5.75 Å². The molecule has 0 saturated heterocycles. The number of aldehydes is 1. The van der Waals surface area contributed by atoms with Gasteiger partial charge in [0.1, 0.15) is 12.0 Å². The van der Waals surface area contributed by atoms with Crippen molar-refractivity contribution in [1.82, 2.24) is 0 Å². The standard InChI is InChI=1S/C12H17NO2/c1-10(2)15-12-6-4-11(5-7-12)13(3)8-9-14/h4-7,9-10H,8H2,1-3H3. The monoisotopic (exact) mass is 207 g/mol. The molecule has 0 bridgehead atoms. The highest BCUT2D eigenvalue weighted by molar-refractivity contribution is 5.61. The maximum absolute atomic E-state index is 10.3. The number of hydrogen-bond donors (Lipinski definition) is 0. The summed E-state index contributed by atoms with van der Waals surface area (Å²) < 4.78 is 5.52. The maximum Gasteiger partial charge on any atom is 0.139 e. The summed E-state index contributed by atoms with van der Waals surface area (Å²) >= 11 is 0. The van der Waals surface area contributed by atoms with E-state index < -0.39 is 0 Å². The summed E-state index contributed by atoms with van der Waals surface area (Å²) in [6, 6.07) is 7.72. The van der Waals surface area contributed by atoms with Gasteiger partial charge >= 0.3 is 0 Å². The lowest BCUT2D eigenvalue weighted by Gasteiger charge is -2.16. The third-order valence-corrected chi connectivity index (χ3v) is 2.00. The van der Waals surface area contributed by atoms with Gasteiger partial charge in [-0.05, 0) is 38.1 Å². The van der Waals surface area contributed by atoms with Gasteiger partial charge in [-0.1, -0.05) is 0 Å². The van der Waals surface area contributed by atoms with Gasteiger partial charge in [0.05, 0.1) is 12.6 Å². The lowest BCUT2D eigenvalue weighted by Crippen LogP contribution is -2.19. The molecular weight excluding hydrogens is 190 g/mol. The van der Waals surface area contributed by atoms with E-state index in [2.05, 4.69) is 0 Å². The van der Waals surface area contributed by atoms with Crippen LogP contribution in [0.15, 0.2) is 24.3 Å². The summed E-state index contributed by atoms with van der Waals surface area (Å²) in [5.41, 5.74) is 1.01. The minimum absolute atomic E-state index is 0.184. The lowest BCUT2D eigenvalue weighted by atomic mass is 10.3. The zero-order chi connectivity index (χ0) is 11.3. The van der Waals surface area contributed by atoms with Crippen LogP contribution >= 0.6 is 0 Å². The molecule has 0 aromatic heterocycles. The van der Waals surface area contributed by atoms with Crippen molar-refractivity contribution in [3.8, 4) is 5.75 Å². The predicted molar refractivity (Wildman–Crippen MR) is 61.5 cm³/mol. The Morgan fingerprint density at radius 1 is 1.33 bits per heavy atom. The third kappa shape index (κ3) is 3.62. The molecule has 0 atom stereocenters. The van der Waals surface area contributed by atoms with Crippen LogP contribution in [-0.2, 0) is 4.79 Å². The maximum atomic E-state index is 10.3. The second-order valence-electron chi connectivity index (χ2n) is 3.71. The smallest absolute Gasteiger partial charge is 0.139 e. The Morgan fingerprint density at radius 2 is 1.93 bits per heavy atom. The van der Waals surface area contributed by atoms with Gasteiger partial charge in [0, 0.05) is 12.7 Å². The van der Waals surface area contributed by atoms with Gasteiger partial charge in [-0.15, -0.1) is 0 Å². The average Bonchev–Trinajstić information content (AvgIpc) is 2.18.